The molecule has 0 saturated carbocycles. The molecule has 0 aliphatic carbocycles. The van der Waals surface area contributed by atoms with Gasteiger partial charge in [-0.15, -0.1) is 0 Å². The van der Waals surface area contributed by atoms with E-state index in [0.29, 0.717) is 39.3 Å². The summed E-state index contributed by atoms with van der Waals surface area (Å²) in [5, 5.41) is 10.8. The van der Waals surface area contributed by atoms with E-state index in [1.54, 1.807) is 0 Å². The van der Waals surface area contributed by atoms with Gasteiger partial charge in [0, 0.05) is 42.5 Å². The van der Waals surface area contributed by atoms with Gasteiger partial charge >= 0.3 is 0 Å². The summed E-state index contributed by atoms with van der Waals surface area (Å²) in [4.78, 5) is 12.6. The molecule has 0 amide bonds. The first-order valence-corrected chi connectivity index (χ1v) is 11.0. The topological polar surface area (TPSA) is 93.0 Å². The normalized spacial score (nSPS) is 18.4. The predicted octanol–water partition coefficient (Wildman–Crippen LogP) is 3.05. The number of non-ortho nitro benzene ring substituents is 1. The van der Waals surface area contributed by atoms with Crippen LogP contribution in [0.3, 0.4) is 0 Å². The fraction of sp³-hybridized carbons (Fsp3) is 0.400. The largest absolute Gasteiger partial charge is 0.356 e. The lowest BCUT2D eigenvalue weighted by molar-refractivity contribution is -0.384. The number of nitrogens with zero attached hydrogens (tertiary/aromatic N) is 3. The maximum Gasteiger partial charge on any atom is 0.269 e. The number of piperidine rings is 1. The first-order valence-electron chi connectivity index (χ1n) is 9.55. The summed E-state index contributed by atoms with van der Waals surface area (Å²) in [6.45, 7) is 3.97. The Morgan fingerprint density at radius 1 is 1.10 bits per heavy atom. The first kappa shape index (κ1) is 19.8. The summed E-state index contributed by atoms with van der Waals surface area (Å²) in [6.07, 6.45) is 1.39. The molecular formula is C20H23N3O5S. The van der Waals surface area contributed by atoms with Crippen LogP contribution >= 0.6 is 0 Å². The Balaban J connectivity index is 1.46. The highest BCUT2D eigenvalue weighted by molar-refractivity contribution is 7.89. The molecule has 29 heavy (non-hydrogen) atoms. The van der Waals surface area contributed by atoms with Crippen molar-refractivity contribution < 1.29 is 18.1 Å². The van der Waals surface area contributed by atoms with Gasteiger partial charge in [-0.1, -0.05) is 17.7 Å². The van der Waals surface area contributed by atoms with E-state index in [2.05, 4.69) is 30.0 Å². The Morgan fingerprint density at radius 2 is 1.79 bits per heavy atom. The molecule has 1 saturated heterocycles. The zero-order chi connectivity index (χ0) is 20.6. The van der Waals surface area contributed by atoms with Crippen molar-refractivity contribution in [3.05, 3.63) is 63.7 Å². The molecule has 8 nitrogen and oxygen atoms in total. The number of ether oxygens (including phenoxy) is 1. The summed E-state index contributed by atoms with van der Waals surface area (Å²) in [7, 11) is -3.66. The second-order valence-corrected chi connectivity index (χ2v) is 9.40. The van der Waals surface area contributed by atoms with Gasteiger partial charge in [-0.05, 0) is 38.0 Å². The van der Waals surface area contributed by atoms with Gasteiger partial charge in [-0.25, -0.2) is 8.42 Å². The van der Waals surface area contributed by atoms with Crippen LogP contribution in [0.4, 0.5) is 11.4 Å². The number of sulfonamides is 1. The molecule has 0 N–H and O–H groups in total. The van der Waals surface area contributed by atoms with E-state index in [4.69, 9.17) is 4.74 Å². The Morgan fingerprint density at radius 3 is 2.45 bits per heavy atom. The van der Waals surface area contributed by atoms with Gasteiger partial charge in [-0.2, -0.15) is 4.31 Å². The number of anilines is 1. The highest BCUT2D eigenvalue weighted by atomic mass is 32.2. The zero-order valence-electron chi connectivity index (χ0n) is 16.2. The minimum absolute atomic E-state index is 0.0867. The maximum atomic E-state index is 12.9. The minimum atomic E-state index is -3.66. The summed E-state index contributed by atoms with van der Waals surface area (Å²) >= 11 is 0. The van der Waals surface area contributed by atoms with Crippen LogP contribution in [-0.4, -0.2) is 43.5 Å². The van der Waals surface area contributed by atoms with Gasteiger partial charge < -0.3 is 9.64 Å². The average Bonchev–Trinajstić information content (AvgIpc) is 2.73. The molecule has 2 aliphatic heterocycles. The van der Waals surface area contributed by atoms with Gasteiger partial charge in [0.25, 0.3) is 5.69 Å². The van der Waals surface area contributed by atoms with Crippen LogP contribution in [0.1, 0.15) is 24.0 Å². The Kier molecular flexibility index (Phi) is 5.28. The van der Waals surface area contributed by atoms with Crippen molar-refractivity contribution in [2.45, 2.75) is 37.3 Å². The Bertz CT molecular complexity index is 1010. The number of aryl methyl sites for hydroxylation is 1. The molecule has 0 aromatic heterocycles. The number of rotatable bonds is 4. The monoisotopic (exact) mass is 417 g/mol. The molecule has 0 spiro atoms. The molecule has 9 heteroatoms. The summed E-state index contributed by atoms with van der Waals surface area (Å²) in [5.74, 6) is 0. The van der Waals surface area contributed by atoms with Gasteiger partial charge in [-0.3, -0.25) is 10.1 Å². The van der Waals surface area contributed by atoms with Crippen molar-refractivity contribution >= 4 is 21.4 Å². The third-order valence-corrected chi connectivity index (χ3v) is 7.49. The van der Waals surface area contributed by atoms with E-state index < -0.39 is 14.9 Å². The van der Waals surface area contributed by atoms with Crippen LogP contribution in [0.2, 0.25) is 0 Å². The number of nitro benzene ring substituents is 1. The van der Waals surface area contributed by atoms with E-state index in [1.165, 1.54) is 39.8 Å². The number of fused-ring (bicyclic) bond motifs is 1. The van der Waals surface area contributed by atoms with E-state index >= 15 is 0 Å². The van der Waals surface area contributed by atoms with Gasteiger partial charge in [0.2, 0.25) is 10.0 Å². The van der Waals surface area contributed by atoms with Crippen molar-refractivity contribution in [1.29, 1.82) is 0 Å². The van der Waals surface area contributed by atoms with Gasteiger partial charge in [0.15, 0.2) is 0 Å². The fourth-order valence-electron chi connectivity index (χ4n) is 4.02. The van der Waals surface area contributed by atoms with Crippen molar-refractivity contribution in [1.82, 2.24) is 4.31 Å². The number of benzene rings is 2. The van der Waals surface area contributed by atoms with Crippen LogP contribution < -0.4 is 4.90 Å². The Hall–Kier alpha value is -2.49. The molecule has 2 heterocycles. The molecule has 1 fully saturated rings. The lowest BCUT2D eigenvalue weighted by Gasteiger charge is -2.41. The van der Waals surface area contributed by atoms with Crippen LogP contribution in [0.25, 0.3) is 0 Å². The number of nitro groups is 1. The highest BCUT2D eigenvalue weighted by Crippen LogP contribution is 2.32. The molecule has 0 atom stereocenters. The molecule has 0 unspecified atom stereocenters. The predicted molar refractivity (Wildman–Crippen MR) is 108 cm³/mol. The molecule has 0 radical (unpaired) electrons. The van der Waals surface area contributed by atoms with Crippen LogP contribution in [-0.2, 0) is 21.4 Å². The van der Waals surface area contributed by atoms with E-state index in [1.807, 2.05) is 0 Å². The van der Waals surface area contributed by atoms with Crippen LogP contribution in [0.5, 0.6) is 0 Å². The third kappa shape index (κ3) is 3.85. The van der Waals surface area contributed by atoms with Gasteiger partial charge in [0.05, 0.1) is 16.4 Å². The van der Waals surface area contributed by atoms with Crippen molar-refractivity contribution in [3.63, 3.8) is 0 Å². The maximum absolute atomic E-state index is 12.9. The SMILES string of the molecule is Cc1ccc2c(c1)COCN2C1CCN(S(=O)(=O)c2ccc([N+](=O)[O-])cc2)CC1. The second-order valence-electron chi connectivity index (χ2n) is 7.47. The van der Waals surface area contributed by atoms with Crippen molar-refractivity contribution in [3.8, 4) is 0 Å². The van der Waals surface area contributed by atoms with Crippen molar-refractivity contribution in [2.75, 3.05) is 24.7 Å². The summed E-state index contributed by atoms with van der Waals surface area (Å²) in [5.41, 5.74) is 3.40. The van der Waals surface area contributed by atoms with Crippen LogP contribution in [0, 0.1) is 17.0 Å². The van der Waals surface area contributed by atoms with Crippen molar-refractivity contribution in [2.24, 2.45) is 0 Å². The number of hydrogen-bond acceptors (Lipinski definition) is 6. The van der Waals surface area contributed by atoms with E-state index in [0.717, 1.165) is 5.56 Å². The molecular weight excluding hydrogens is 394 g/mol. The second kappa shape index (κ2) is 7.74. The molecule has 2 aromatic carbocycles. The molecule has 2 aromatic rings. The van der Waals surface area contributed by atoms with Gasteiger partial charge in [0.1, 0.15) is 6.73 Å². The molecule has 154 valence electrons. The highest BCUT2D eigenvalue weighted by Gasteiger charge is 2.33. The fourth-order valence-corrected chi connectivity index (χ4v) is 5.49. The third-order valence-electron chi connectivity index (χ3n) is 5.58. The average molecular weight is 417 g/mol. The summed E-state index contributed by atoms with van der Waals surface area (Å²) in [6, 6.07) is 11.6. The Labute approximate surface area is 169 Å². The minimum Gasteiger partial charge on any atom is -0.356 e. The zero-order valence-corrected chi connectivity index (χ0v) is 17.0. The standard InChI is InChI=1S/C20H23N3O5S/c1-15-2-7-20-16(12-15)13-28-14-22(20)17-8-10-21(11-9-17)29(26,27)19-5-3-18(4-6-19)23(24)25/h2-7,12,17H,8-11,13-14H2,1H3. The quantitative estimate of drug-likeness (QED) is 0.561. The number of hydrogen-bond donors (Lipinski definition) is 0. The smallest absolute Gasteiger partial charge is 0.269 e. The van der Waals surface area contributed by atoms with Crippen LogP contribution in [0.15, 0.2) is 47.4 Å². The lowest BCUT2D eigenvalue weighted by Crippen LogP contribution is -2.48. The molecule has 0 bridgehead atoms. The van der Waals surface area contributed by atoms with E-state index in [-0.39, 0.29) is 16.6 Å². The van der Waals surface area contributed by atoms with E-state index in [9.17, 15) is 18.5 Å². The summed E-state index contributed by atoms with van der Waals surface area (Å²) < 4.78 is 33.0. The molecule has 2 aliphatic rings. The molecule has 4 rings (SSSR count). The lowest BCUT2D eigenvalue weighted by atomic mass is 10.0. The first-order chi connectivity index (χ1) is 13.9.